The standard InChI is InChI=1S/C12H13FN2O2/c1-8(2)12-14-11(17-15-12)7-16-10-6-4-3-5-9(10)13/h3-6,8H,7H2,1-2H3. The lowest BCUT2D eigenvalue weighted by molar-refractivity contribution is 0.234. The molecule has 17 heavy (non-hydrogen) atoms. The highest BCUT2D eigenvalue weighted by Gasteiger charge is 2.10. The average molecular weight is 236 g/mol. The maximum Gasteiger partial charge on any atom is 0.264 e. The molecule has 0 saturated heterocycles. The van der Waals surface area contributed by atoms with Crippen molar-refractivity contribution in [3.8, 4) is 5.75 Å². The molecule has 5 heteroatoms. The van der Waals surface area contributed by atoms with Gasteiger partial charge < -0.3 is 9.26 Å². The average Bonchev–Trinajstić information content (AvgIpc) is 2.77. The van der Waals surface area contributed by atoms with Gasteiger partial charge in [-0.2, -0.15) is 4.98 Å². The highest BCUT2D eigenvalue weighted by molar-refractivity contribution is 5.23. The molecule has 1 aromatic heterocycles. The molecule has 0 fully saturated rings. The van der Waals surface area contributed by atoms with Gasteiger partial charge in [0.15, 0.2) is 24.0 Å². The van der Waals surface area contributed by atoms with Gasteiger partial charge in [0.2, 0.25) is 0 Å². The number of para-hydroxylation sites is 1. The van der Waals surface area contributed by atoms with Crippen molar-refractivity contribution in [2.75, 3.05) is 0 Å². The zero-order valence-electron chi connectivity index (χ0n) is 9.68. The second kappa shape index (κ2) is 4.95. The maximum atomic E-state index is 13.2. The first-order valence-corrected chi connectivity index (χ1v) is 5.36. The number of hydrogen-bond donors (Lipinski definition) is 0. The van der Waals surface area contributed by atoms with Crippen molar-refractivity contribution in [3.63, 3.8) is 0 Å². The molecule has 0 N–H and O–H groups in total. The van der Waals surface area contributed by atoms with Crippen LogP contribution in [0.25, 0.3) is 0 Å². The van der Waals surface area contributed by atoms with Gasteiger partial charge in [0, 0.05) is 5.92 Å². The first kappa shape index (κ1) is 11.6. The molecule has 0 saturated carbocycles. The molecule has 0 aliphatic rings. The first-order chi connectivity index (χ1) is 8.16. The van der Waals surface area contributed by atoms with Crippen LogP contribution in [0.15, 0.2) is 28.8 Å². The Morgan fingerprint density at radius 1 is 1.35 bits per heavy atom. The van der Waals surface area contributed by atoms with Gasteiger partial charge in [-0.05, 0) is 12.1 Å². The van der Waals surface area contributed by atoms with E-state index in [2.05, 4.69) is 10.1 Å². The Morgan fingerprint density at radius 2 is 2.12 bits per heavy atom. The zero-order chi connectivity index (χ0) is 12.3. The Morgan fingerprint density at radius 3 is 2.76 bits per heavy atom. The van der Waals surface area contributed by atoms with Crippen LogP contribution in [-0.4, -0.2) is 10.1 Å². The predicted octanol–water partition coefficient (Wildman–Crippen LogP) is 2.91. The molecule has 0 radical (unpaired) electrons. The molecule has 2 rings (SSSR count). The van der Waals surface area contributed by atoms with Crippen molar-refractivity contribution in [2.24, 2.45) is 0 Å². The number of halogens is 1. The summed E-state index contributed by atoms with van der Waals surface area (Å²) in [6.45, 7) is 4.00. The fraction of sp³-hybridized carbons (Fsp3) is 0.333. The van der Waals surface area contributed by atoms with E-state index in [4.69, 9.17) is 9.26 Å². The van der Waals surface area contributed by atoms with Gasteiger partial charge in [0.05, 0.1) is 0 Å². The summed E-state index contributed by atoms with van der Waals surface area (Å²) in [6, 6.07) is 6.19. The molecule has 4 nitrogen and oxygen atoms in total. The number of aromatic nitrogens is 2. The molecular weight excluding hydrogens is 223 g/mol. The second-order valence-corrected chi connectivity index (χ2v) is 3.92. The SMILES string of the molecule is CC(C)c1noc(COc2ccccc2F)n1. The van der Waals surface area contributed by atoms with Crippen molar-refractivity contribution >= 4 is 0 Å². The summed E-state index contributed by atoms with van der Waals surface area (Å²) in [7, 11) is 0. The summed E-state index contributed by atoms with van der Waals surface area (Å²) in [5, 5.41) is 3.79. The summed E-state index contributed by atoms with van der Waals surface area (Å²) >= 11 is 0. The maximum absolute atomic E-state index is 13.2. The van der Waals surface area contributed by atoms with E-state index in [0.717, 1.165) is 0 Å². The van der Waals surface area contributed by atoms with Crippen LogP contribution in [0.5, 0.6) is 5.75 Å². The summed E-state index contributed by atoms with van der Waals surface area (Å²) in [5.74, 6) is 0.933. The van der Waals surface area contributed by atoms with Crippen LogP contribution < -0.4 is 4.74 Å². The van der Waals surface area contributed by atoms with Gasteiger partial charge in [-0.15, -0.1) is 0 Å². The van der Waals surface area contributed by atoms with Crippen LogP contribution in [0.1, 0.15) is 31.5 Å². The van der Waals surface area contributed by atoms with Gasteiger partial charge >= 0.3 is 0 Å². The predicted molar refractivity (Wildman–Crippen MR) is 59.1 cm³/mol. The van der Waals surface area contributed by atoms with E-state index in [1.807, 2.05) is 13.8 Å². The molecule has 0 bridgehead atoms. The van der Waals surface area contributed by atoms with Crippen molar-refractivity contribution < 1.29 is 13.7 Å². The van der Waals surface area contributed by atoms with E-state index < -0.39 is 5.82 Å². The lowest BCUT2D eigenvalue weighted by Crippen LogP contribution is -1.98. The largest absolute Gasteiger partial charge is 0.481 e. The minimum Gasteiger partial charge on any atom is -0.481 e. The smallest absolute Gasteiger partial charge is 0.264 e. The monoisotopic (exact) mass is 236 g/mol. The van der Waals surface area contributed by atoms with Crippen LogP contribution in [-0.2, 0) is 6.61 Å². The molecule has 0 spiro atoms. The van der Waals surface area contributed by atoms with Crippen molar-refractivity contribution in [1.29, 1.82) is 0 Å². The highest BCUT2D eigenvalue weighted by Crippen LogP contribution is 2.17. The van der Waals surface area contributed by atoms with Gasteiger partial charge in [0.25, 0.3) is 5.89 Å². The Labute approximate surface area is 98.4 Å². The zero-order valence-corrected chi connectivity index (χ0v) is 9.68. The number of nitrogens with zero attached hydrogens (tertiary/aromatic N) is 2. The number of benzene rings is 1. The van der Waals surface area contributed by atoms with E-state index in [0.29, 0.717) is 11.7 Å². The summed E-state index contributed by atoms with van der Waals surface area (Å²) < 4.78 is 23.5. The van der Waals surface area contributed by atoms with Crippen LogP contribution in [0.2, 0.25) is 0 Å². The van der Waals surface area contributed by atoms with E-state index in [1.54, 1.807) is 18.2 Å². The van der Waals surface area contributed by atoms with Gasteiger partial charge in [-0.1, -0.05) is 31.1 Å². The molecule has 0 aliphatic carbocycles. The minimum absolute atomic E-state index is 0.0701. The summed E-state index contributed by atoms with van der Waals surface area (Å²) in [5.41, 5.74) is 0. The molecule has 0 amide bonds. The Hall–Kier alpha value is -1.91. The normalized spacial score (nSPS) is 10.8. The van der Waals surface area contributed by atoms with Gasteiger partial charge in [-0.25, -0.2) is 4.39 Å². The lowest BCUT2D eigenvalue weighted by atomic mass is 10.2. The Balaban J connectivity index is 2.00. The third kappa shape index (κ3) is 2.81. The first-order valence-electron chi connectivity index (χ1n) is 5.36. The minimum atomic E-state index is -0.406. The Kier molecular flexibility index (Phi) is 3.37. The molecule has 2 aromatic rings. The van der Waals surface area contributed by atoms with Gasteiger partial charge in [-0.3, -0.25) is 0 Å². The van der Waals surface area contributed by atoms with Crippen molar-refractivity contribution in [3.05, 3.63) is 41.8 Å². The third-order valence-electron chi connectivity index (χ3n) is 2.19. The molecule has 0 unspecified atom stereocenters. The summed E-state index contributed by atoms with van der Waals surface area (Å²) in [6.07, 6.45) is 0. The molecule has 90 valence electrons. The quantitative estimate of drug-likeness (QED) is 0.818. The van der Waals surface area contributed by atoms with E-state index in [-0.39, 0.29) is 18.3 Å². The molecule has 0 aliphatic heterocycles. The number of ether oxygens (including phenoxy) is 1. The molecule has 0 atom stereocenters. The van der Waals surface area contributed by atoms with E-state index in [9.17, 15) is 4.39 Å². The topological polar surface area (TPSA) is 48.2 Å². The lowest BCUT2D eigenvalue weighted by Gasteiger charge is -2.03. The van der Waals surface area contributed by atoms with Gasteiger partial charge in [0.1, 0.15) is 0 Å². The van der Waals surface area contributed by atoms with Crippen LogP contribution in [0.4, 0.5) is 4.39 Å². The molecule has 1 heterocycles. The van der Waals surface area contributed by atoms with Crippen molar-refractivity contribution in [1.82, 2.24) is 10.1 Å². The molecular formula is C12H13FN2O2. The fourth-order valence-electron chi connectivity index (χ4n) is 1.26. The van der Waals surface area contributed by atoms with Crippen LogP contribution in [0, 0.1) is 5.82 Å². The number of rotatable bonds is 4. The van der Waals surface area contributed by atoms with Crippen LogP contribution in [0.3, 0.4) is 0 Å². The van der Waals surface area contributed by atoms with E-state index >= 15 is 0 Å². The highest BCUT2D eigenvalue weighted by atomic mass is 19.1. The Bertz CT molecular complexity index is 497. The van der Waals surface area contributed by atoms with Crippen LogP contribution >= 0.6 is 0 Å². The van der Waals surface area contributed by atoms with E-state index in [1.165, 1.54) is 6.07 Å². The number of hydrogen-bond acceptors (Lipinski definition) is 4. The molecule has 1 aromatic carbocycles. The third-order valence-corrected chi connectivity index (χ3v) is 2.19. The second-order valence-electron chi connectivity index (χ2n) is 3.92. The van der Waals surface area contributed by atoms with Crippen molar-refractivity contribution in [2.45, 2.75) is 26.4 Å². The fourth-order valence-corrected chi connectivity index (χ4v) is 1.26. The summed E-state index contributed by atoms with van der Waals surface area (Å²) in [4.78, 5) is 4.13.